The van der Waals surface area contributed by atoms with Gasteiger partial charge in [0, 0.05) is 12.1 Å². The Labute approximate surface area is 161 Å². The fraction of sp³-hybridized carbons (Fsp3) is 0.250. The van der Waals surface area contributed by atoms with Gasteiger partial charge in [-0.15, -0.1) is 11.3 Å². The summed E-state index contributed by atoms with van der Waals surface area (Å²) >= 11 is 1.54. The van der Waals surface area contributed by atoms with Crippen LogP contribution in [0.1, 0.15) is 42.7 Å². The van der Waals surface area contributed by atoms with E-state index in [1.807, 2.05) is 24.4 Å². The van der Waals surface area contributed by atoms with E-state index in [9.17, 15) is 9.59 Å². The molecule has 140 valence electrons. The Morgan fingerprint density at radius 1 is 1.30 bits per heavy atom. The van der Waals surface area contributed by atoms with Crippen LogP contribution in [0.15, 0.2) is 46.4 Å². The number of aromatic nitrogens is 1. The van der Waals surface area contributed by atoms with Crippen molar-refractivity contribution in [2.45, 2.75) is 33.3 Å². The van der Waals surface area contributed by atoms with Crippen molar-refractivity contribution < 1.29 is 18.7 Å². The second-order valence-electron chi connectivity index (χ2n) is 5.98. The van der Waals surface area contributed by atoms with Crippen LogP contribution in [-0.2, 0) is 11.4 Å². The summed E-state index contributed by atoms with van der Waals surface area (Å²) in [4.78, 5) is 29.1. The van der Waals surface area contributed by atoms with Crippen molar-refractivity contribution in [2.24, 2.45) is 0 Å². The van der Waals surface area contributed by atoms with E-state index in [2.05, 4.69) is 10.3 Å². The Hall–Kier alpha value is -2.93. The van der Waals surface area contributed by atoms with Crippen molar-refractivity contribution in [1.82, 2.24) is 4.98 Å². The highest BCUT2D eigenvalue weighted by atomic mass is 32.1. The lowest BCUT2D eigenvalue weighted by Crippen LogP contribution is -2.11. The molecule has 1 N–H and O–H groups in total. The first-order chi connectivity index (χ1) is 13.1. The predicted octanol–water partition coefficient (Wildman–Crippen LogP) is 4.92. The molecule has 0 radical (unpaired) electrons. The van der Waals surface area contributed by atoms with Crippen LogP contribution in [0.2, 0.25) is 0 Å². The number of carbonyl (C=O) groups excluding carboxylic acids is 2. The van der Waals surface area contributed by atoms with E-state index < -0.39 is 0 Å². The topological polar surface area (TPSA) is 81.4 Å². The zero-order valence-corrected chi connectivity index (χ0v) is 16.0. The fourth-order valence-electron chi connectivity index (χ4n) is 2.50. The molecule has 0 saturated carbocycles. The zero-order valence-electron chi connectivity index (χ0n) is 15.2. The first-order valence-electron chi connectivity index (χ1n) is 8.62. The van der Waals surface area contributed by atoms with Crippen LogP contribution in [0.25, 0.3) is 10.8 Å². The number of carbonyl (C=O) groups is 2. The molecule has 0 aliphatic carbocycles. The average Bonchev–Trinajstić information content (AvgIpc) is 3.32. The minimum Gasteiger partial charge on any atom is -0.486 e. The predicted molar refractivity (Wildman–Crippen MR) is 104 cm³/mol. The number of anilines is 1. The molecule has 0 aliphatic heterocycles. The van der Waals surface area contributed by atoms with Crippen molar-refractivity contribution in [2.75, 3.05) is 5.32 Å². The molecule has 2 aromatic heterocycles. The van der Waals surface area contributed by atoms with Gasteiger partial charge < -0.3 is 14.5 Å². The molecule has 6 nitrogen and oxygen atoms in total. The SMILES string of the molecule is CCCC(=O)Nc1ccc(OCc2coc(-c3cccs3)n2)c(C(C)=O)c1. The van der Waals surface area contributed by atoms with Gasteiger partial charge in [0.05, 0.1) is 10.4 Å². The Balaban J connectivity index is 1.70. The number of ether oxygens (including phenoxy) is 1. The van der Waals surface area contributed by atoms with Gasteiger partial charge in [0.1, 0.15) is 24.3 Å². The van der Waals surface area contributed by atoms with Crippen LogP contribution in [0.3, 0.4) is 0 Å². The smallest absolute Gasteiger partial charge is 0.236 e. The van der Waals surface area contributed by atoms with Crippen LogP contribution in [-0.4, -0.2) is 16.7 Å². The summed E-state index contributed by atoms with van der Waals surface area (Å²) in [6.45, 7) is 3.58. The van der Waals surface area contributed by atoms with E-state index in [0.29, 0.717) is 35.0 Å². The maximum Gasteiger partial charge on any atom is 0.236 e. The number of benzene rings is 1. The van der Waals surface area contributed by atoms with Crippen molar-refractivity contribution >= 4 is 28.7 Å². The number of nitrogens with one attached hydrogen (secondary N) is 1. The number of amides is 1. The van der Waals surface area contributed by atoms with Crippen molar-refractivity contribution in [3.05, 3.63) is 53.2 Å². The molecule has 0 bridgehead atoms. The fourth-order valence-corrected chi connectivity index (χ4v) is 3.15. The van der Waals surface area contributed by atoms with Crippen LogP contribution in [0.4, 0.5) is 5.69 Å². The standard InChI is InChI=1S/C20H20N2O4S/c1-3-5-19(24)21-14-7-8-17(16(10-14)13(2)23)25-11-15-12-26-20(22-15)18-6-4-9-27-18/h4,6-10,12H,3,5,11H2,1-2H3,(H,21,24). The third-order valence-electron chi connectivity index (χ3n) is 3.78. The first-order valence-corrected chi connectivity index (χ1v) is 9.50. The normalized spacial score (nSPS) is 10.6. The Morgan fingerprint density at radius 3 is 2.85 bits per heavy atom. The molecule has 1 amide bonds. The van der Waals surface area contributed by atoms with Crippen molar-refractivity contribution in [3.63, 3.8) is 0 Å². The van der Waals surface area contributed by atoms with Gasteiger partial charge in [-0.25, -0.2) is 4.98 Å². The summed E-state index contributed by atoms with van der Waals surface area (Å²) in [5.41, 5.74) is 1.62. The maximum atomic E-state index is 12.0. The molecular weight excluding hydrogens is 364 g/mol. The Bertz CT molecular complexity index is 931. The molecule has 0 atom stereocenters. The van der Waals surface area contributed by atoms with E-state index in [1.54, 1.807) is 35.8 Å². The van der Waals surface area contributed by atoms with E-state index in [-0.39, 0.29) is 18.3 Å². The zero-order chi connectivity index (χ0) is 19.2. The third-order valence-corrected chi connectivity index (χ3v) is 4.64. The largest absolute Gasteiger partial charge is 0.486 e. The minimum absolute atomic E-state index is 0.0793. The molecule has 3 rings (SSSR count). The summed E-state index contributed by atoms with van der Waals surface area (Å²) in [6.07, 6.45) is 2.74. The number of oxazole rings is 1. The molecular formula is C20H20N2O4S. The highest BCUT2D eigenvalue weighted by Crippen LogP contribution is 2.26. The highest BCUT2D eigenvalue weighted by molar-refractivity contribution is 7.13. The quantitative estimate of drug-likeness (QED) is 0.557. The van der Waals surface area contributed by atoms with E-state index in [1.165, 1.54) is 6.92 Å². The monoisotopic (exact) mass is 384 g/mol. The lowest BCUT2D eigenvalue weighted by atomic mass is 10.1. The summed E-state index contributed by atoms with van der Waals surface area (Å²) in [5, 5.41) is 4.74. The van der Waals surface area contributed by atoms with Gasteiger partial charge in [0.25, 0.3) is 0 Å². The molecule has 3 aromatic rings. The lowest BCUT2D eigenvalue weighted by molar-refractivity contribution is -0.116. The van der Waals surface area contributed by atoms with Crippen LogP contribution in [0, 0.1) is 0 Å². The number of nitrogens with zero attached hydrogens (tertiary/aromatic N) is 1. The maximum absolute atomic E-state index is 12.0. The van der Waals surface area contributed by atoms with Crippen molar-refractivity contribution in [3.8, 4) is 16.5 Å². The third kappa shape index (κ3) is 4.83. The van der Waals surface area contributed by atoms with Crippen molar-refractivity contribution in [1.29, 1.82) is 0 Å². The first kappa shape index (κ1) is 18.8. The number of hydrogen-bond donors (Lipinski definition) is 1. The number of ketones is 1. The second-order valence-corrected chi connectivity index (χ2v) is 6.92. The van der Waals surface area contributed by atoms with Gasteiger partial charge in [0.15, 0.2) is 5.78 Å². The number of rotatable bonds is 8. The van der Waals surface area contributed by atoms with E-state index in [0.717, 1.165) is 11.3 Å². The summed E-state index contributed by atoms with van der Waals surface area (Å²) in [6, 6.07) is 8.89. The second kappa shape index (κ2) is 8.64. The van der Waals surface area contributed by atoms with Gasteiger partial charge in [-0.3, -0.25) is 9.59 Å². The minimum atomic E-state index is -0.143. The molecule has 0 spiro atoms. The highest BCUT2D eigenvalue weighted by Gasteiger charge is 2.13. The molecule has 0 fully saturated rings. The van der Waals surface area contributed by atoms with Gasteiger partial charge in [-0.2, -0.15) is 0 Å². The summed E-state index contributed by atoms with van der Waals surface area (Å²) in [5.74, 6) is 0.765. The number of hydrogen-bond acceptors (Lipinski definition) is 6. The molecule has 0 saturated heterocycles. The van der Waals surface area contributed by atoms with Crippen LogP contribution in [0.5, 0.6) is 5.75 Å². The molecule has 7 heteroatoms. The van der Waals surface area contributed by atoms with Gasteiger partial charge >= 0.3 is 0 Å². The van der Waals surface area contributed by atoms with Crippen LogP contribution < -0.4 is 10.1 Å². The molecule has 1 aromatic carbocycles. The van der Waals surface area contributed by atoms with Gasteiger partial charge in [0.2, 0.25) is 11.8 Å². The van der Waals surface area contributed by atoms with Gasteiger partial charge in [-0.1, -0.05) is 13.0 Å². The lowest BCUT2D eigenvalue weighted by Gasteiger charge is -2.11. The van der Waals surface area contributed by atoms with Gasteiger partial charge in [-0.05, 0) is 43.0 Å². The number of thiophene rings is 1. The van der Waals surface area contributed by atoms with E-state index in [4.69, 9.17) is 9.15 Å². The molecule has 0 aliphatic rings. The van der Waals surface area contributed by atoms with Crippen LogP contribution >= 0.6 is 11.3 Å². The average molecular weight is 384 g/mol. The molecule has 0 unspecified atom stereocenters. The number of Topliss-reactive ketones (excluding diaryl/α,β-unsaturated/α-hetero) is 1. The molecule has 27 heavy (non-hydrogen) atoms. The Morgan fingerprint density at radius 2 is 2.15 bits per heavy atom. The summed E-state index contributed by atoms with van der Waals surface area (Å²) < 4.78 is 11.2. The molecule has 2 heterocycles. The Kier molecular flexibility index (Phi) is 6.03. The summed E-state index contributed by atoms with van der Waals surface area (Å²) in [7, 11) is 0. The van der Waals surface area contributed by atoms with E-state index >= 15 is 0 Å².